The summed E-state index contributed by atoms with van der Waals surface area (Å²) in [5.41, 5.74) is 2.87. The lowest BCUT2D eigenvalue weighted by molar-refractivity contribution is 0.0341. The van der Waals surface area contributed by atoms with Crippen molar-refractivity contribution in [3.05, 3.63) is 35.4 Å². The third kappa shape index (κ3) is 2.63. The second-order valence-electron chi connectivity index (χ2n) is 4.66. The third-order valence-electron chi connectivity index (χ3n) is 3.61. The molecule has 0 unspecified atom stereocenters. The highest BCUT2D eigenvalue weighted by Gasteiger charge is 2.24. The fraction of sp³-hybridized carbons (Fsp3) is 0.571. The molecule has 16 heavy (non-hydrogen) atoms. The van der Waals surface area contributed by atoms with Crippen LogP contribution in [0.5, 0.6) is 0 Å². The van der Waals surface area contributed by atoms with E-state index in [0.717, 1.165) is 19.5 Å². The quantitative estimate of drug-likeness (QED) is 0.841. The Kier molecular flexibility index (Phi) is 3.97. The van der Waals surface area contributed by atoms with E-state index in [0.29, 0.717) is 12.0 Å². The molecule has 1 heterocycles. The van der Waals surface area contributed by atoms with Crippen LogP contribution in [0.25, 0.3) is 0 Å². The summed E-state index contributed by atoms with van der Waals surface area (Å²) in [4.78, 5) is 0. The highest BCUT2D eigenvalue weighted by Crippen LogP contribution is 2.22. The predicted molar refractivity (Wildman–Crippen MR) is 66.7 cm³/mol. The van der Waals surface area contributed by atoms with Crippen molar-refractivity contribution in [3.8, 4) is 0 Å². The Morgan fingerprint density at radius 3 is 2.94 bits per heavy atom. The van der Waals surface area contributed by atoms with E-state index in [2.05, 4.69) is 36.5 Å². The Labute approximate surface area is 98.0 Å². The van der Waals surface area contributed by atoms with E-state index in [-0.39, 0.29) is 0 Å². The van der Waals surface area contributed by atoms with E-state index in [1.807, 2.05) is 7.11 Å². The van der Waals surface area contributed by atoms with E-state index in [1.54, 1.807) is 0 Å². The Balaban J connectivity index is 2.05. The van der Waals surface area contributed by atoms with Gasteiger partial charge < -0.3 is 10.1 Å². The van der Waals surface area contributed by atoms with Crippen molar-refractivity contribution in [3.63, 3.8) is 0 Å². The molecule has 0 spiro atoms. The highest BCUT2D eigenvalue weighted by atomic mass is 16.5. The van der Waals surface area contributed by atoms with Gasteiger partial charge in [-0.15, -0.1) is 0 Å². The lowest BCUT2D eigenvalue weighted by Crippen LogP contribution is -2.42. The fourth-order valence-corrected chi connectivity index (χ4v) is 2.52. The first-order chi connectivity index (χ1) is 7.81. The third-order valence-corrected chi connectivity index (χ3v) is 3.61. The summed E-state index contributed by atoms with van der Waals surface area (Å²) in [6, 6.07) is 8.67. The van der Waals surface area contributed by atoms with E-state index >= 15 is 0 Å². The zero-order valence-corrected chi connectivity index (χ0v) is 10.2. The van der Waals surface area contributed by atoms with Crippen molar-refractivity contribution in [1.82, 2.24) is 5.32 Å². The molecule has 1 aromatic rings. The van der Waals surface area contributed by atoms with E-state index in [4.69, 9.17) is 4.74 Å². The Hall–Kier alpha value is -0.860. The molecule has 2 atom stereocenters. The van der Waals surface area contributed by atoms with Gasteiger partial charge in [0.15, 0.2) is 0 Å². The van der Waals surface area contributed by atoms with E-state index in [1.165, 1.54) is 17.5 Å². The van der Waals surface area contributed by atoms with Crippen molar-refractivity contribution in [1.29, 1.82) is 0 Å². The average Bonchev–Trinajstić information content (AvgIpc) is 2.33. The smallest absolute Gasteiger partial charge is 0.0727 e. The van der Waals surface area contributed by atoms with Gasteiger partial charge in [-0.2, -0.15) is 0 Å². The largest absolute Gasteiger partial charge is 0.380 e. The fourth-order valence-electron chi connectivity index (χ4n) is 2.52. The van der Waals surface area contributed by atoms with Crippen LogP contribution in [0.2, 0.25) is 0 Å². The summed E-state index contributed by atoms with van der Waals surface area (Å²) < 4.78 is 5.55. The number of rotatable bonds is 3. The monoisotopic (exact) mass is 219 g/mol. The van der Waals surface area contributed by atoms with Crippen LogP contribution in [0.1, 0.15) is 17.5 Å². The maximum absolute atomic E-state index is 5.55. The van der Waals surface area contributed by atoms with Gasteiger partial charge in [0.05, 0.1) is 6.10 Å². The van der Waals surface area contributed by atoms with Gasteiger partial charge >= 0.3 is 0 Å². The molecule has 1 aliphatic heterocycles. The van der Waals surface area contributed by atoms with Crippen LogP contribution in [-0.2, 0) is 11.2 Å². The van der Waals surface area contributed by atoms with Crippen molar-refractivity contribution in [2.75, 3.05) is 20.2 Å². The Bertz CT molecular complexity index is 337. The second kappa shape index (κ2) is 5.46. The number of ether oxygens (including phenoxy) is 1. The van der Waals surface area contributed by atoms with Gasteiger partial charge in [-0.25, -0.2) is 0 Å². The average molecular weight is 219 g/mol. The van der Waals surface area contributed by atoms with Gasteiger partial charge in [-0.05, 0) is 43.4 Å². The zero-order chi connectivity index (χ0) is 11.4. The first kappa shape index (κ1) is 11.6. The van der Waals surface area contributed by atoms with Crippen LogP contribution in [0, 0.1) is 12.8 Å². The molecule has 88 valence electrons. The van der Waals surface area contributed by atoms with Crippen molar-refractivity contribution in [2.24, 2.45) is 5.92 Å². The van der Waals surface area contributed by atoms with Crippen molar-refractivity contribution < 1.29 is 4.74 Å². The molecule has 1 aromatic carbocycles. The number of piperidine rings is 1. The van der Waals surface area contributed by atoms with Crippen molar-refractivity contribution >= 4 is 0 Å². The first-order valence-corrected chi connectivity index (χ1v) is 6.09. The number of methoxy groups -OCH3 is 1. The number of aryl methyl sites for hydroxylation is 1. The zero-order valence-electron chi connectivity index (χ0n) is 10.2. The highest BCUT2D eigenvalue weighted by molar-refractivity contribution is 5.26. The molecule has 2 nitrogen and oxygen atoms in total. The summed E-state index contributed by atoms with van der Waals surface area (Å²) in [5.74, 6) is 0.660. The molecule has 0 saturated carbocycles. The van der Waals surface area contributed by atoms with Crippen molar-refractivity contribution in [2.45, 2.75) is 25.9 Å². The molecule has 1 fully saturated rings. The minimum Gasteiger partial charge on any atom is -0.380 e. The van der Waals surface area contributed by atoms with Gasteiger partial charge in [0.2, 0.25) is 0 Å². The Morgan fingerprint density at radius 2 is 2.19 bits per heavy atom. The van der Waals surface area contributed by atoms with Crippen LogP contribution in [0.15, 0.2) is 24.3 Å². The standard InChI is InChI=1S/C14H21NO/c1-11-5-3-4-6-12(11)9-13-7-8-15-10-14(13)16-2/h3-6,13-15H,7-10H2,1-2H3/t13-,14+/m1/s1. The molecule has 1 N–H and O–H groups in total. The number of hydrogen-bond acceptors (Lipinski definition) is 2. The van der Waals surface area contributed by atoms with E-state index < -0.39 is 0 Å². The molecule has 1 saturated heterocycles. The number of nitrogens with one attached hydrogen (secondary N) is 1. The topological polar surface area (TPSA) is 21.3 Å². The SMILES string of the molecule is CO[C@H]1CNCC[C@@H]1Cc1ccccc1C. The van der Waals surface area contributed by atoms with Crippen LogP contribution in [-0.4, -0.2) is 26.3 Å². The lowest BCUT2D eigenvalue weighted by Gasteiger charge is -2.31. The first-order valence-electron chi connectivity index (χ1n) is 6.09. The maximum Gasteiger partial charge on any atom is 0.0727 e. The minimum atomic E-state index is 0.369. The summed E-state index contributed by atoms with van der Waals surface area (Å²) in [6.45, 7) is 4.31. The van der Waals surface area contributed by atoms with Gasteiger partial charge in [-0.1, -0.05) is 24.3 Å². The summed E-state index contributed by atoms with van der Waals surface area (Å²) in [7, 11) is 1.82. The van der Waals surface area contributed by atoms with Crippen LogP contribution >= 0.6 is 0 Å². The summed E-state index contributed by atoms with van der Waals surface area (Å²) >= 11 is 0. The molecule has 2 rings (SSSR count). The lowest BCUT2D eigenvalue weighted by atomic mass is 9.87. The van der Waals surface area contributed by atoms with E-state index in [9.17, 15) is 0 Å². The molecular weight excluding hydrogens is 198 g/mol. The van der Waals surface area contributed by atoms with Crippen LogP contribution in [0.3, 0.4) is 0 Å². The second-order valence-corrected chi connectivity index (χ2v) is 4.66. The maximum atomic E-state index is 5.55. The molecule has 2 heteroatoms. The molecule has 0 bridgehead atoms. The molecule has 0 aromatic heterocycles. The normalized spacial score (nSPS) is 25.6. The molecule has 1 aliphatic rings. The van der Waals surface area contributed by atoms with Gasteiger partial charge in [0, 0.05) is 13.7 Å². The Morgan fingerprint density at radius 1 is 1.38 bits per heavy atom. The predicted octanol–water partition coefficient (Wildman–Crippen LogP) is 2.16. The van der Waals surface area contributed by atoms with Gasteiger partial charge in [0.25, 0.3) is 0 Å². The molecule has 0 amide bonds. The number of benzene rings is 1. The number of hydrogen-bond donors (Lipinski definition) is 1. The molecule has 0 aliphatic carbocycles. The molecule has 0 radical (unpaired) electrons. The van der Waals surface area contributed by atoms with Gasteiger partial charge in [0.1, 0.15) is 0 Å². The van der Waals surface area contributed by atoms with Crippen LogP contribution in [0.4, 0.5) is 0 Å². The molecular formula is C14H21NO. The van der Waals surface area contributed by atoms with Crippen LogP contribution < -0.4 is 5.32 Å². The minimum absolute atomic E-state index is 0.369. The summed E-state index contributed by atoms with van der Waals surface area (Å²) in [6.07, 6.45) is 2.73. The van der Waals surface area contributed by atoms with Gasteiger partial charge in [-0.3, -0.25) is 0 Å². The summed E-state index contributed by atoms with van der Waals surface area (Å²) in [5, 5.41) is 3.39.